The van der Waals surface area contributed by atoms with Crippen molar-refractivity contribution in [2.24, 2.45) is 5.92 Å². The van der Waals surface area contributed by atoms with Gasteiger partial charge in [-0.1, -0.05) is 36.4 Å². The quantitative estimate of drug-likeness (QED) is 0.815. The van der Waals surface area contributed by atoms with Crippen LogP contribution in [0.5, 0.6) is 0 Å². The summed E-state index contributed by atoms with van der Waals surface area (Å²) in [5.74, 6) is 1.12. The van der Waals surface area contributed by atoms with Crippen LogP contribution in [0.25, 0.3) is 0 Å². The highest BCUT2D eigenvalue weighted by molar-refractivity contribution is 5.29. The Morgan fingerprint density at radius 2 is 1.65 bits per heavy atom. The summed E-state index contributed by atoms with van der Waals surface area (Å²) in [6.07, 6.45) is 2.65. The third-order valence-corrected chi connectivity index (χ3v) is 5.71. The zero-order valence-corrected chi connectivity index (χ0v) is 15.3. The fourth-order valence-corrected chi connectivity index (χ4v) is 4.08. The number of hydrogen-bond donors (Lipinski definition) is 0. The van der Waals surface area contributed by atoms with Gasteiger partial charge in [0.15, 0.2) is 0 Å². The number of nitrogens with zero attached hydrogens (tertiary/aromatic N) is 2. The summed E-state index contributed by atoms with van der Waals surface area (Å²) in [5.41, 5.74) is 4.42. The van der Waals surface area contributed by atoms with Crippen molar-refractivity contribution in [1.29, 1.82) is 0 Å². The molecule has 1 unspecified atom stereocenters. The van der Waals surface area contributed by atoms with Gasteiger partial charge in [-0.15, -0.1) is 0 Å². The summed E-state index contributed by atoms with van der Waals surface area (Å²) in [6.45, 7) is 18.4. The van der Waals surface area contributed by atoms with E-state index in [9.17, 15) is 0 Å². The van der Waals surface area contributed by atoms with Gasteiger partial charge in [-0.05, 0) is 46.1 Å². The van der Waals surface area contributed by atoms with Gasteiger partial charge >= 0.3 is 0 Å². The molecular formula is C21H32N2. The van der Waals surface area contributed by atoms with E-state index in [1.165, 1.54) is 42.8 Å². The molecule has 2 heteroatoms. The van der Waals surface area contributed by atoms with Gasteiger partial charge in [0.25, 0.3) is 0 Å². The first-order valence-electron chi connectivity index (χ1n) is 9.11. The van der Waals surface area contributed by atoms with Crippen molar-refractivity contribution in [2.45, 2.75) is 52.0 Å². The Balaban J connectivity index is 1.86. The molecule has 3 rings (SSSR count). The smallest absolute Gasteiger partial charge is 0.0191 e. The van der Waals surface area contributed by atoms with E-state index in [1.807, 2.05) is 0 Å². The lowest BCUT2D eigenvalue weighted by atomic mass is 9.86. The predicted octanol–water partition coefficient (Wildman–Crippen LogP) is 4.42. The second-order valence-corrected chi connectivity index (χ2v) is 8.38. The fraction of sp³-hybridized carbons (Fsp3) is 0.619. The fourth-order valence-electron chi connectivity index (χ4n) is 4.08. The van der Waals surface area contributed by atoms with Crippen LogP contribution >= 0.6 is 0 Å². The van der Waals surface area contributed by atoms with Gasteiger partial charge in [0.1, 0.15) is 0 Å². The lowest BCUT2D eigenvalue weighted by molar-refractivity contribution is 0.167. The Kier molecular flexibility index (Phi) is 4.55. The molecule has 1 aromatic rings. The number of likely N-dealkylation sites (tertiary alicyclic amines) is 2. The normalized spacial score (nSPS) is 26.0. The van der Waals surface area contributed by atoms with Crippen LogP contribution < -0.4 is 0 Å². The minimum atomic E-state index is 0.225. The van der Waals surface area contributed by atoms with E-state index in [0.717, 1.165) is 13.1 Å². The topological polar surface area (TPSA) is 6.48 Å². The number of hydrogen-bond acceptors (Lipinski definition) is 2. The summed E-state index contributed by atoms with van der Waals surface area (Å²) in [6, 6.07) is 9.17. The van der Waals surface area contributed by atoms with E-state index in [2.05, 4.69) is 68.3 Å². The van der Waals surface area contributed by atoms with Crippen molar-refractivity contribution in [1.82, 2.24) is 9.80 Å². The number of rotatable bonds is 3. The highest BCUT2D eigenvalue weighted by Gasteiger charge is 2.40. The molecule has 2 atom stereocenters. The first-order chi connectivity index (χ1) is 10.9. The molecule has 126 valence electrons. The monoisotopic (exact) mass is 312 g/mol. The summed E-state index contributed by atoms with van der Waals surface area (Å²) in [5, 5.41) is 0. The Morgan fingerprint density at radius 1 is 1.04 bits per heavy atom. The maximum atomic E-state index is 4.53. The second kappa shape index (κ2) is 6.32. The molecule has 0 bridgehead atoms. The summed E-state index contributed by atoms with van der Waals surface area (Å²) in [7, 11) is 0. The molecule has 0 spiro atoms. The van der Waals surface area contributed by atoms with Crippen LogP contribution in [0.2, 0.25) is 0 Å². The molecule has 2 nitrogen and oxygen atoms in total. The van der Waals surface area contributed by atoms with Gasteiger partial charge in [-0.25, -0.2) is 0 Å². The lowest BCUT2D eigenvalue weighted by Gasteiger charge is -2.32. The SMILES string of the molecule is C=C(C1CN(C(C)(C)C)C[C@H]1c1ccc(C)cc1)N1CCCC1. The molecule has 0 radical (unpaired) electrons. The average Bonchev–Trinajstić information content (AvgIpc) is 3.16. The van der Waals surface area contributed by atoms with Crippen LogP contribution in [0, 0.1) is 12.8 Å². The van der Waals surface area contributed by atoms with Crippen molar-refractivity contribution in [3.8, 4) is 0 Å². The predicted molar refractivity (Wildman–Crippen MR) is 98.7 cm³/mol. The number of aryl methyl sites for hydroxylation is 1. The Hall–Kier alpha value is -1.28. The van der Waals surface area contributed by atoms with Crippen molar-refractivity contribution >= 4 is 0 Å². The minimum Gasteiger partial charge on any atom is -0.375 e. The standard InChI is InChI=1S/C21H32N2/c1-16-8-10-18(11-9-16)20-15-23(21(3,4)5)14-19(20)17(2)22-12-6-7-13-22/h8-11,19-20H,2,6-7,12-15H2,1,3-5H3/t19?,20-/m0/s1. The van der Waals surface area contributed by atoms with E-state index in [4.69, 9.17) is 0 Å². The van der Waals surface area contributed by atoms with Crippen molar-refractivity contribution in [3.63, 3.8) is 0 Å². The van der Waals surface area contributed by atoms with E-state index in [1.54, 1.807) is 0 Å². The van der Waals surface area contributed by atoms with Gasteiger partial charge in [0, 0.05) is 49.3 Å². The molecule has 0 amide bonds. The summed E-state index contributed by atoms with van der Waals surface area (Å²) >= 11 is 0. The number of benzene rings is 1. The molecule has 2 heterocycles. The van der Waals surface area contributed by atoms with Gasteiger partial charge in [0.2, 0.25) is 0 Å². The molecule has 0 N–H and O–H groups in total. The van der Waals surface area contributed by atoms with Gasteiger partial charge in [0.05, 0.1) is 0 Å². The molecule has 2 aliphatic heterocycles. The molecule has 2 fully saturated rings. The largest absolute Gasteiger partial charge is 0.375 e. The zero-order valence-electron chi connectivity index (χ0n) is 15.3. The highest BCUT2D eigenvalue weighted by atomic mass is 15.2. The lowest BCUT2D eigenvalue weighted by Crippen LogP contribution is -2.40. The second-order valence-electron chi connectivity index (χ2n) is 8.38. The van der Waals surface area contributed by atoms with E-state index < -0.39 is 0 Å². The Bertz CT molecular complexity index is 546. The van der Waals surface area contributed by atoms with Crippen molar-refractivity contribution < 1.29 is 0 Å². The highest BCUT2D eigenvalue weighted by Crippen LogP contribution is 2.41. The molecular weight excluding hydrogens is 280 g/mol. The summed E-state index contributed by atoms with van der Waals surface area (Å²) in [4.78, 5) is 5.18. The molecule has 1 aromatic carbocycles. The van der Waals surface area contributed by atoms with Crippen LogP contribution in [0.1, 0.15) is 50.7 Å². The summed E-state index contributed by atoms with van der Waals surface area (Å²) < 4.78 is 0. The van der Waals surface area contributed by atoms with Crippen LogP contribution in [0.15, 0.2) is 36.5 Å². The van der Waals surface area contributed by atoms with E-state index in [0.29, 0.717) is 11.8 Å². The van der Waals surface area contributed by atoms with Gasteiger partial charge in [-0.2, -0.15) is 0 Å². The van der Waals surface area contributed by atoms with E-state index in [-0.39, 0.29) is 5.54 Å². The minimum absolute atomic E-state index is 0.225. The van der Waals surface area contributed by atoms with Crippen LogP contribution in [0.4, 0.5) is 0 Å². The Morgan fingerprint density at radius 3 is 2.22 bits per heavy atom. The van der Waals surface area contributed by atoms with Crippen molar-refractivity contribution in [2.75, 3.05) is 26.2 Å². The first kappa shape index (κ1) is 16.6. The molecule has 2 saturated heterocycles. The molecule has 0 aromatic heterocycles. The first-order valence-corrected chi connectivity index (χ1v) is 9.11. The third-order valence-electron chi connectivity index (χ3n) is 5.71. The van der Waals surface area contributed by atoms with Crippen LogP contribution in [0.3, 0.4) is 0 Å². The zero-order chi connectivity index (χ0) is 16.6. The average molecular weight is 313 g/mol. The van der Waals surface area contributed by atoms with Crippen LogP contribution in [-0.2, 0) is 0 Å². The van der Waals surface area contributed by atoms with Crippen LogP contribution in [-0.4, -0.2) is 41.5 Å². The molecule has 0 aliphatic carbocycles. The molecule has 2 aliphatic rings. The third kappa shape index (κ3) is 3.47. The van der Waals surface area contributed by atoms with Gasteiger partial charge < -0.3 is 4.90 Å². The van der Waals surface area contributed by atoms with Gasteiger partial charge in [-0.3, -0.25) is 4.90 Å². The maximum Gasteiger partial charge on any atom is 0.0191 e. The van der Waals surface area contributed by atoms with E-state index >= 15 is 0 Å². The molecule has 23 heavy (non-hydrogen) atoms. The maximum absolute atomic E-state index is 4.53. The van der Waals surface area contributed by atoms with Crippen molar-refractivity contribution in [3.05, 3.63) is 47.7 Å². The Labute approximate surface area is 142 Å². The molecule has 0 saturated carbocycles.